The minimum absolute atomic E-state index is 0. The van der Waals surface area contributed by atoms with Crippen molar-refractivity contribution in [1.82, 2.24) is 0 Å². The topological polar surface area (TPSA) is 0 Å². The molecule has 50 heavy (non-hydrogen) atoms. The Hall–Kier alpha value is -2.44. The Labute approximate surface area is 332 Å². The quantitative estimate of drug-likeness (QED) is 0.154. The molecule has 0 aliphatic heterocycles. The zero-order valence-corrected chi connectivity index (χ0v) is 35.6. The van der Waals surface area contributed by atoms with E-state index >= 15 is 0 Å². The summed E-state index contributed by atoms with van der Waals surface area (Å²) >= 11 is 1.48. The van der Waals surface area contributed by atoms with Crippen molar-refractivity contribution in [3.8, 4) is 11.1 Å². The number of unbranched alkanes of at least 4 members (excludes halogenated alkanes) is 2. The van der Waals surface area contributed by atoms with Gasteiger partial charge in [0.25, 0.3) is 0 Å². The third-order valence-electron chi connectivity index (χ3n) is 9.20. The number of rotatable bonds is 8. The van der Waals surface area contributed by atoms with Crippen LogP contribution in [0.25, 0.3) is 11.1 Å². The summed E-state index contributed by atoms with van der Waals surface area (Å²) < 4.78 is 1.45. The molecule has 3 heteroatoms. The van der Waals surface area contributed by atoms with Crippen LogP contribution in [-0.4, -0.2) is 3.21 Å². The summed E-state index contributed by atoms with van der Waals surface area (Å²) in [6, 6.07) is 43.4. The van der Waals surface area contributed by atoms with Gasteiger partial charge < -0.3 is 24.8 Å². The second-order valence-corrected chi connectivity index (χ2v) is 16.5. The molecule has 6 rings (SSSR count). The van der Waals surface area contributed by atoms with E-state index in [1.807, 2.05) is 30.3 Å². The third kappa shape index (κ3) is 12.7. The summed E-state index contributed by atoms with van der Waals surface area (Å²) in [5.74, 6) is 0. The zero-order chi connectivity index (χ0) is 34.7. The summed E-state index contributed by atoms with van der Waals surface area (Å²) in [6.07, 6.45) is 8.54. The summed E-state index contributed by atoms with van der Waals surface area (Å²) in [6.45, 7) is 18.1. The van der Waals surface area contributed by atoms with Crippen molar-refractivity contribution in [2.24, 2.45) is 0 Å². The molecule has 0 aromatic heterocycles. The van der Waals surface area contributed by atoms with Crippen LogP contribution < -0.4 is 24.8 Å². The molecular weight excluding hydrogens is 727 g/mol. The second kappa shape index (κ2) is 20.6. The van der Waals surface area contributed by atoms with Gasteiger partial charge in [-0.15, -0.1) is 5.56 Å². The predicted molar refractivity (Wildman–Crippen MR) is 206 cm³/mol. The first kappa shape index (κ1) is 43.7. The van der Waals surface area contributed by atoms with Crippen molar-refractivity contribution in [3.05, 3.63) is 160 Å². The van der Waals surface area contributed by atoms with Crippen molar-refractivity contribution in [1.29, 1.82) is 0 Å². The fourth-order valence-corrected chi connectivity index (χ4v) is 6.73. The molecule has 0 atom stereocenters. The Morgan fingerprint density at radius 2 is 1.14 bits per heavy atom. The molecule has 0 N–H and O–H groups in total. The van der Waals surface area contributed by atoms with Gasteiger partial charge >= 0.3 is 151 Å². The van der Waals surface area contributed by atoms with Gasteiger partial charge in [0.05, 0.1) is 0 Å². The van der Waals surface area contributed by atoms with Crippen LogP contribution in [0.4, 0.5) is 0 Å². The molecule has 0 saturated heterocycles. The van der Waals surface area contributed by atoms with Gasteiger partial charge in [0, 0.05) is 0 Å². The standard InChI is InChI=1S/C21H25.C21H26.C5H5.2ClH.Zr/c1-20(2,3)16-9-7-14-11-15-8-10-17(21(4,5)6)13-19(15)18(14)12-16;1-3-5-7-18-9-13-20(14-10-18)17-21-15-11-19(12-16-21)8-6-4-2;1-2-4-5-3-1;;;/h7,9-10,12-13H,11H2,1-6H3;9-16H,3-8H2,1-2H3;1-5H;2*1H;/q-1;;-1;;;+2/p-2. The van der Waals surface area contributed by atoms with Gasteiger partial charge in [0.15, 0.2) is 0 Å². The van der Waals surface area contributed by atoms with Gasteiger partial charge in [-0.3, -0.25) is 0 Å². The van der Waals surface area contributed by atoms with Crippen LogP contribution in [0.3, 0.4) is 0 Å². The summed E-state index contributed by atoms with van der Waals surface area (Å²) in [5, 5.41) is 0. The van der Waals surface area contributed by atoms with Gasteiger partial charge in [-0.2, -0.15) is 47.5 Å². The van der Waals surface area contributed by atoms with E-state index < -0.39 is 0 Å². The Morgan fingerprint density at radius 1 is 0.660 bits per heavy atom. The van der Waals surface area contributed by atoms with E-state index in [2.05, 4.69) is 140 Å². The Morgan fingerprint density at radius 3 is 1.56 bits per heavy atom. The third-order valence-corrected chi connectivity index (χ3v) is 10.6. The fourth-order valence-electron chi connectivity index (χ4n) is 5.91. The molecule has 0 unspecified atom stereocenters. The first-order valence-electron chi connectivity index (χ1n) is 18.0. The predicted octanol–water partition coefficient (Wildman–Crippen LogP) is 6.55. The molecule has 0 bridgehead atoms. The minimum Gasteiger partial charge on any atom is -1.00 e. The minimum atomic E-state index is 0. The number of fused-ring (bicyclic) bond motifs is 3. The van der Waals surface area contributed by atoms with E-state index in [0.717, 1.165) is 6.42 Å². The van der Waals surface area contributed by atoms with E-state index in [1.165, 1.54) is 122 Å². The van der Waals surface area contributed by atoms with Gasteiger partial charge in [0.1, 0.15) is 0 Å². The molecule has 0 amide bonds. The summed E-state index contributed by atoms with van der Waals surface area (Å²) in [5.41, 5.74) is 14.4. The molecule has 1 aliphatic carbocycles. The maximum atomic E-state index is 3.53. The number of halogens is 2. The zero-order valence-electron chi connectivity index (χ0n) is 31.6. The van der Waals surface area contributed by atoms with Gasteiger partial charge in [-0.25, -0.2) is 12.1 Å². The van der Waals surface area contributed by atoms with Gasteiger partial charge in [0.2, 0.25) is 0 Å². The molecule has 1 aliphatic rings. The fraction of sp³-hybridized carbons (Fsp3) is 0.362. The molecule has 0 spiro atoms. The maximum Gasteiger partial charge on any atom is -0.172 e. The van der Waals surface area contributed by atoms with E-state index in [9.17, 15) is 0 Å². The van der Waals surface area contributed by atoms with Crippen LogP contribution >= 0.6 is 0 Å². The molecule has 0 heterocycles. The average Bonchev–Trinajstić information content (AvgIpc) is 3.78. The normalized spacial score (nSPS) is 11.4. The molecular formula is C47H56Cl2Zr-2. The van der Waals surface area contributed by atoms with Crippen molar-refractivity contribution in [3.63, 3.8) is 0 Å². The van der Waals surface area contributed by atoms with Crippen LogP contribution in [0.15, 0.2) is 109 Å². The van der Waals surface area contributed by atoms with Crippen LogP contribution in [0.2, 0.25) is 0 Å². The molecule has 5 aromatic rings. The molecule has 5 aromatic carbocycles. The Bertz CT molecular complexity index is 1580. The van der Waals surface area contributed by atoms with Gasteiger partial charge in [-0.1, -0.05) is 76.3 Å². The molecule has 0 saturated carbocycles. The van der Waals surface area contributed by atoms with Crippen LogP contribution in [0.5, 0.6) is 0 Å². The molecule has 264 valence electrons. The largest absolute Gasteiger partial charge is 1.00 e. The number of hydrogen-bond donors (Lipinski definition) is 0. The van der Waals surface area contributed by atoms with Crippen molar-refractivity contribution in [2.45, 2.75) is 111 Å². The Balaban J connectivity index is 0.000000293. The summed E-state index contributed by atoms with van der Waals surface area (Å²) in [4.78, 5) is 0. The van der Waals surface area contributed by atoms with Gasteiger partial charge in [-0.05, 0) is 17.4 Å². The van der Waals surface area contributed by atoms with Crippen LogP contribution in [0.1, 0.15) is 126 Å². The average molecular weight is 783 g/mol. The molecule has 0 nitrogen and oxygen atoms in total. The van der Waals surface area contributed by atoms with E-state index in [4.69, 9.17) is 0 Å². The summed E-state index contributed by atoms with van der Waals surface area (Å²) in [7, 11) is 0. The van der Waals surface area contributed by atoms with Crippen molar-refractivity contribution < 1.29 is 49.0 Å². The SMILES string of the molecule is CC(C)(C)c1c[c-]c2c(c1)-c1cc(C(C)(C)C)ccc1C2.CCCCc1ccc([C](=[Zr+2])c2ccc(CCCC)cc2)cc1.[Cl-].[Cl-].c1cc[cH-]c1. The van der Waals surface area contributed by atoms with Crippen LogP contribution in [0, 0.1) is 6.07 Å². The van der Waals surface area contributed by atoms with Crippen molar-refractivity contribution >= 4 is 3.21 Å². The number of benzene rings is 4. The van der Waals surface area contributed by atoms with Crippen LogP contribution in [-0.2, 0) is 54.3 Å². The maximum absolute atomic E-state index is 3.53. The van der Waals surface area contributed by atoms with E-state index in [-0.39, 0.29) is 35.6 Å². The van der Waals surface area contributed by atoms with E-state index in [0.29, 0.717) is 0 Å². The van der Waals surface area contributed by atoms with Crippen molar-refractivity contribution in [2.75, 3.05) is 0 Å². The smallest absolute Gasteiger partial charge is 0.172 e. The first-order valence-corrected chi connectivity index (χ1v) is 19.3. The molecule has 0 fully saturated rings. The monoisotopic (exact) mass is 780 g/mol. The first-order chi connectivity index (χ1) is 22.9. The van der Waals surface area contributed by atoms with E-state index in [1.54, 1.807) is 0 Å². The molecule has 0 radical (unpaired) electrons. The Kier molecular flexibility index (Phi) is 18.0. The number of aryl methyl sites for hydroxylation is 2. The number of hydrogen-bond acceptors (Lipinski definition) is 0. The second-order valence-electron chi connectivity index (χ2n) is 15.3.